The fraction of sp³-hybridized carbons (Fsp3) is 0.833. The third-order valence-electron chi connectivity index (χ3n) is 1.67. The number of hydrogen-bond donors (Lipinski definition) is 3. The van der Waals surface area contributed by atoms with Gasteiger partial charge in [-0.05, 0) is 19.4 Å². The van der Waals surface area contributed by atoms with Crippen molar-refractivity contribution in [3.63, 3.8) is 0 Å². The molecule has 1 heterocycles. The van der Waals surface area contributed by atoms with Crippen LogP contribution in [0.2, 0.25) is 0 Å². The molecule has 0 amide bonds. The molecule has 0 bridgehead atoms. The number of aliphatic hydroxyl groups excluding tert-OH is 1. The first-order chi connectivity index (χ1) is 4.70. The van der Waals surface area contributed by atoms with Gasteiger partial charge in [0.05, 0.1) is 6.10 Å². The van der Waals surface area contributed by atoms with E-state index in [1.54, 1.807) is 0 Å². The maximum Gasteiger partial charge on any atom is 0.320 e. The van der Waals surface area contributed by atoms with Gasteiger partial charge < -0.3 is 15.5 Å². The van der Waals surface area contributed by atoms with Crippen molar-refractivity contribution in [3.05, 3.63) is 0 Å². The van der Waals surface area contributed by atoms with E-state index in [1.165, 1.54) is 0 Å². The van der Waals surface area contributed by atoms with Crippen LogP contribution in [0.3, 0.4) is 0 Å². The van der Waals surface area contributed by atoms with Gasteiger partial charge >= 0.3 is 5.97 Å². The number of piperidine rings is 1. The van der Waals surface area contributed by atoms with E-state index in [4.69, 9.17) is 10.2 Å². The van der Waals surface area contributed by atoms with Gasteiger partial charge in [0.25, 0.3) is 0 Å². The van der Waals surface area contributed by atoms with Crippen LogP contribution >= 0.6 is 0 Å². The van der Waals surface area contributed by atoms with E-state index in [2.05, 4.69) is 5.32 Å². The normalized spacial score (nSPS) is 33.7. The summed E-state index contributed by atoms with van der Waals surface area (Å²) >= 11 is 0. The van der Waals surface area contributed by atoms with Gasteiger partial charge in [-0.25, -0.2) is 0 Å². The third-order valence-corrected chi connectivity index (χ3v) is 1.67. The number of nitrogens with one attached hydrogen (secondary N) is 1. The Balaban J connectivity index is 2.39. The summed E-state index contributed by atoms with van der Waals surface area (Å²) in [6.07, 6.45) is 0.543. The van der Waals surface area contributed by atoms with Crippen molar-refractivity contribution in [2.24, 2.45) is 0 Å². The van der Waals surface area contributed by atoms with E-state index in [9.17, 15) is 4.79 Å². The SMILES string of the molecule is O=C(O)[C@@H]1C[C@@H](O)CCN1. The predicted molar refractivity (Wildman–Crippen MR) is 34.7 cm³/mol. The van der Waals surface area contributed by atoms with Gasteiger partial charge in [0.15, 0.2) is 0 Å². The first-order valence-corrected chi connectivity index (χ1v) is 3.34. The summed E-state index contributed by atoms with van der Waals surface area (Å²) in [5.41, 5.74) is 0. The second kappa shape index (κ2) is 2.98. The highest BCUT2D eigenvalue weighted by Crippen LogP contribution is 2.07. The molecule has 0 aliphatic carbocycles. The molecule has 0 radical (unpaired) electrons. The molecule has 0 spiro atoms. The van der Waals surface area contributed by atoms with Crippen LogP contribution in [0.1, 0.15) is 12.8 Å². The van der Waals surface area contributed by atoms with Gasteiger partial charge in [0.1, 0.15) is 6.04 Å². The third kappa shape index (κ3) is 1.68. The van der Waals surface area contributed by atoms with Crippen LogP contribution < -0.4 is 5.32 Å². The molecule has 58 valence electrons. The van der Waals surface area contributed by atoms with Crippen LogP contribution in [0.15, 0.2) is 0 Å². The van der Waals surface area contributed by atoms with Crippen LogP contribution in [0, 0.1) is 0 Å². The Bertz CT molecular complexity index is 137. The lowest BCUT2D eigenvalue weighted by Crippen LogP contribution is -2.45. The summed E-state index contributed by atoms with van der Waals surface area (Å²) in [4.78, 5) is 10.3. The lowest BCUT2D eigenvalue weighted by atomic mass is 10.0. The van der Waals surface area contributed by atoms with Gasteiger partial charge in [-0.3, -0.25) is 4.79 Å². The highest BCUT2D eigenvalue weighted by Gasteiger charge is 2.24. The van der Waals surface area contributed by atoms with Crippen molar-refractivity contribution in [2.75, 3.05) is 6.54 Å². The fourth-order valence-electron chi connectivity index (χ4n) is 1.09. The smallest absolute Gasteiger partial charge is 0.320 e. The summed E-state index contributed by atoms with van der Waals surface area (Å²) in [6.45, 7) is 0.595. The molecule has 1 aliphatic rings. The maximum absolute atomic E-state index is 10.3. The summed E-state index contributed by atoms with van der Waals surface area (Å²) in [6, 6.07) is -0.552. The second-order valence-corrected chi connectivity index (χ2v) is 2.52. The van der Waals surface area contributed by atoms with Crippen LogP contribution in [0.4, 0.5) is 0 Å². The summed E-state index contributed by atoms with van der Waals surface area (Å²) < 4.78 is 0. The molecule has 0 unspecified atom stereocenters. The van der Waals surface area contributed by atoms with E-state index < -0.39 is 18.1 Å². The van der Waals surface area contributed by atoms with E-state index in [0.717, 1.165) is 0 Å². The Hall–Kier alpha value is -0.610. The molecular formula is C6H11NO3. The fourth-order valence-corrected chi connectivity index (χ4v) is 1.09. The van der Waals surface area contributed by atoms with Crippen molar-refractivity contribution in [1.82, 2.24) is 5.32 Å². The Morgan fingerprint density at radius 1 is 1.60 bits per heavy atom. The topological polar surface area (TPSA) is 69.6 Å². The van der Waals surface area contributed by atoms with Gasteiger partial charge in [0, 0.05) is 0 Å². The van der Waals surface area contributed by atoms with Gasteiger partial charge in [0.2, 0.25) is 0 Å². The van der Waals surface area contributed by atoms with Crippen LogP contribution in [-0.4, -0.2) is 34.9 Å². The predicted octanol–water partition coefficient (Wildman–Crippen LogP) is -0.816. The van der Waals surface area contributed by atoms with Gasteiger partial charge in [-0.2, -0.15) is 0 Å². The van der Waals surface area contributed by atoms with Crippen molar-refractivity contribution in [2.45, 2.75) is 25.0 Å². The van der Waals surface area contributed by atoms with Crippen molar-refractivity contribution >= 4 is 5.97 Å². The lowest BCUT2D eigenvalue weighted by molar-refractivity contribution is -0.141. The number of carbonyl (C=O) groups is 1. The van der Waals surface area contributed by atoms with E-state index in [0.29, 0.717) is 19.4 Å². The number of hydrogen-bond acceptors (Lipinski definition) is 3. The summed E-state index contributed by atoms with van der Waals surface area (Å²) in [5, 5.41) is 20.3. The zero-order valence-electron chi connectivity index (χ0n) is 5.58. The highest BCUT2D eigenvalue weighted by molar-refractivity contribution is 5.73. The standard InChI is InChI=1S/C6H11NO3/c8-4-1-2-7-5(3-4)6(9)10/h4-5,7-8H,1-3H2,(H,9,10)/t4-,5-/m0/s1. The summed E-state index contributed by atoms with van der Waals surface area (Å²) in [7, 11) is 0. The monoisotopic (exact) mass is 145 g/mol. The van der Waals surface area contributed by atoms with Crippen molar-refractivity contribution < 1.29 is 15.0 Å². The first-order valence-electron chi connectivity index (χ1n) is 3.34. The first kappa shape index (κ1) is 7.50. The molecular weight excluding hydrogens is 134 g/mol. The Morgan fingerprint density at radius 2 is 2.30 bits per heavy atom. The minimum atomic E-state index is -0.876. The second-order valence-electron chi connectivity index (χ2n) is 2.52. The Kier molecular flexibility index (Phi) is 2.24. The van der Waals surface area contributed by atoms with E-state index >= 15 is 0 Å². The highest BCUT2D eigenvalue weighted by atomic mass is 16.4. The maximum atomic E-state index is 10.3. The average molecular weight is 145 g/mol. The molecule has 1 fully saturated rings. The van der Waals surface area contributed by atoms with Crippen molar-refractivity contribution in [1.29, 1.82) is 0 Å². The molecule has 1 rings (SSSR count). The largest absolute Gasteiger partial charge is 0.480 e. The minimum Gasteiger partial charge on any atom is -0.480 e. The van der Waals surface area contributed by atoms with E-state index in [-0.39, 0.29) is 0 Å². The number of aliphatic hydroxyl groups is 1. The molecule has 10 heavy (non-hydrogen) atoms. The molecule has 2 atom stereocenters. The minimum absolute atomic E-state index is 0.329. The molecule has 0 saturated carbocycles. The molecule has 1 aliphatic heterocycles. The molecule has 0 aromatic heterocycles. The quantitative estimate of drug-likeness (QED) is 0.451. The van der Waals surface area contributed by atoms with Crippen LogP contribution in [0.25, 0.3) is 0 Å². The number of carboxylic acids is 1. The summed E-state index contributed by atoms with van der Waals surface area (Å²) in [5.74, 6) is -0.876. The molecule has 0 aromatic rings. The van der Waals surface area contributed by atoms with Crippen LogP contribution in [0.5, 0.6) is 0 Å². The van der Waals surface area contributed by atoms with E-state index in [1.807, 2.05) is 0 Å². The molecule has 1 saturated heterocycles. The lowest BCUT2D eigenvalue weighted by Gasteiger charge is -2.23. The zero-order valence-corrected chi connectivity index (χ0v) is 5.58. The molecule has 4 nitrogen and oxygen atoms in total. The molecule has 4 heteroatoms. The number of aliphatic carboxylic acids is 1. The molecule has 3 N–H and O–H groups in total. The molecule has 0 aromatic carbocycles. The Labute approximate surface area is 58.9 Å². The van der Waals surface area contributed by atoms with Gasteiger partial charge in [-0.1, -0.05) is 0 Å². The zero-order chi connectivity index (χ0) is 7.56. The van der Waals surface area contributed by atoms with Crippen LogP contribution in [-0.2, 0) is 4.79 Å². The van der Waals surface area contributed by atoms with Gasteiger partial charge in [-0.15, -0.1) is 0 Å². The average Bonchev–Trinajstić information content (AvgIpc) is 1.88. The Morgan fingerprint density at radius 3 is 2.70 bits per heavy atom. The number of rotatable bonds is 1. The number of carboxylic acid groups (broad SMARTS) is 1. The van der Waals surface area contributed by atoms with Crippen molar-refractivity contribution in [3.8, 4) is 0 Å².